The highest BCUT2D eigenvalue weighted by Gasteiger charge is 2.63. The van der Waals surface area contributed by atoms with Crippen LogP contribution < -0.4 is 0 Å². The van der Waals surface area contributed by atoms with Crippen molar-refractivity contribution in [2.45, 2.75) is 31.5 Å². The largest absolute Gasteiger partial charge is 0.347 e. The molecule has 3 aliphatic rings. The quantitative estimate of drug-likeness (QED) is 0.538. The summed E-state index contributed by atoms with van der Waals surface area (Å²) < 4.78 is 11.0. The number of hydrogen-bond donors (Lipinski definition) is 0. The second-order valence-corrected chi connectivity index (χ2v) is 4.35. The Kier molecular flexibility index (Phi) is 1.12. The third-order valence-corrected chi connectivity index (χ3v) is 3.25. The van der Waals surface area contributed by atoms with E-state index in [1.165, 1.54) is 0 Å². The summed E-state index contributed by atoms with van der Waals surface area (Å²) in [6.45, 7) is 1.45. The first-order valence-corrected chi connectivity index (χ1v) is 4.52. The number of hydrogen-bond acceptors (Lipinski definition) is 3. The molecule has 1 heterocycles. The lowest BCUT2D eigenvalue weighted by Gasteiger charge is -2.56. The molecule has 0 amide bonds. The number of carbonyl (C=O) groups is 1. The van der Waals surface area contributed by atoms with Crippen LogP contribution in [0.25, 0.3) is 0 Å². The SMILES string of the molecule is O=C1CC2(C1)CC1(C2)OCCO1. The van der Waals surface area contributed by atoms with Crippen LogP contribution in [-0.2, 0) is 14.3 Å². The molecule has 3 nitrogen and oxygen atoms in total. The maximum Gasteiger partial charge on any atom is 0.169 e. The highest BCUT2D eigenvalue weighted by molar-refractivity contribution is 5.86. The van der Waals surface area contributed by atoms with E-state index in [-0.39, 0.29) is 5.79 Å². The Morgan fingerprint density at radius 3 is 2.17 bits per heavy atom. The van der Waals surface area contributed by atoms with Gasteiger partial charge in [0.15, 0.2) is 5.79 Å². The van der Waals surface area contributed by atoms with E-state index in [1.807, 2.05) is 0 Å². The van der Waals surface area contributed by atoms with Gasteiger partial charge in [0.1, 0.15) is 5.78 Å². The number of carbonyl (C=O) groups excluding carboxylic acids is 1. The number of rotatable bonds is 0. The summed E-state index contributed by atoms with van der Waals surface area (Å²) >= 11 is 0. The Morgan fingerprint density at radius 1 is 1.08 bits per heavy atom. The van der Waals surface area contributed by atoms with Gasteiger partial charge in [-0.05, 0) is 5.41 Å². The van der Waals surface area contributed by atoms with E-state index in [0.717, 1.165) is 38.9 Å². The Balaban J connectivity index is 1.67. The minimum Gasteiger partial charge on any atom is -0.347 e. The Bertz CT molecular complexity index is 222. The van der Waals surface area contributed by atoms with Crippen molar-refractivity contribution < 1.29 is 14.3 Å². The first kappa shape index (κ1) is 7.04. The normalized spacial score (nSPS) is 35.2. The van der Waals surface area contributed by atoms with Crippen molar-refractivity contribution in [3.63, 3.8) is 0 Å². The molecule has 1 saturated heterocycles. The average molecular weight is 168 g/mol. The number of ketones is 1. The first-order valence-electron chi connectivity index (χ1n) is 4.52. The summed E-state index contributed by atoms with van der Waals surface area (Å²) in [7, 11) is 0. The molecule has 0 N–H and O–H groups in total. The molecule has 0 bridgehead atoms. The zero-order valence-corrected chi connectivity index (χ0v) is 6.97. The van der Waals surface area contributed by atoms with E-state index in [9.17, 15) is 4.79 Å². The van der Waals surface area contributed by atoms with Crippen LogP contribution in [0.5, 0.6) is 0 Å². The molecule has 2 spiro atoms. The van der Waals surface area contributed by atoms with Crippen molar-refractivity contribution in [3.05, 3.63) is 0 Å². The molecule has 0 atom stereocenters. The van der Waals surface area contributed by atoms with Crippen LogP contribution in [0.15, 0.2) is 0 Å². The molecule has 3 fully saturated rings. The van der Waals surface area contributed by atoms with E-state index in [1.54, 1.807) is 0 Å². The molecule has 0 unspecified atom stereocenters. The lowest BCUT2D eigenvalue weighted by molar-refractivity contribution is -0.271. The third-order valence-electron chi connectivity index (χ3n) is 3.25. The Labute approximate surface area is 71.0 Å². The van der Waals surface area contributed by atoms with Gasteiger partial charge in [-0.25, -0.2) is 0 Å². The fourth-order valence-electron chi connectivity index (χ4n) is 2.83. The van der Waals surface area contributed by atoms with Crippen molar-refractivity contribution in [2.75, 3.05) is 13.2 Å². The molecule has 0 aromatic heterocycles. The van der Waals surface area contributed by atoms with Gasteiger partial charge < -0.3 is 9.47 Å². The summed E-state index contributed by atoms with van der Waals surface area (Å²) in [5, 5.41) is 0. The number of Topliss-reactive ketones (excluding diaryl/α,β-unsaturated/α-hetero) is 1. The Morgan fingerprint density at radius 2 is 1.67 bits per heavy atom. The van der Waals surface area contributed by atoms with Gasteiger partial charge >= 0.3 is 0 Å². The molecule has 3 rings (SSSR count). The molecule has 66 valence electrons. The van der Waals surface area contributed by atoms with Gasteiger partial charge in [-0.15, -0.1) is 0 Å². The van der Waals surface area contributed by atoms with Gasteiger partial charge in [-0.3, -0.25) is 4.79 Å². The third kappa shape index (κ3) is 0.756. The second kappa shape index (κ2) is 1.91. The molecule has 12 heavy (non-hydrogen) atoms. The van der Waals surface area contributed by atoms with Crippen LogP contribution in [0.1, 0.15) is 25.7 Å². The fraction of sp³-hybridized carbons (Fsp3) is 0.889. The highest BCUT2D eigenvalue weighted by atomic mass is 16.7. The number of ether oxygens (including phenoxy) is 2. The summed E-state index contributed by atoms with van der Waals surface area (Å²) in [5.41, 5.74) is 0.293. The minimum atomic E-state index is -0.263. The maximum absolute atomic E-state index is 10.8. The molecule has 2 saturated carbocycles. The van der Waals surface area contributed by atoms with Crippen molar-refractivity contribution in [2.24, 2.45) is 5.41 Å². The minimum absolute atomic E-state index is 0.263. The van der Waals surface area contributed by atoms with Crippen LogP contribution >= 0.6 is 0 Å². The van der Waals surface area contributed by atoms with Crippen molar-refractivity contribution in [1.82, 2.24) is 0 Å². The molecule has 3 heteroatoms. The zero-order valence-electron chi connectivity index (χ0n) is 6.97. The predicted molar refractivity (Wildman–Crippen MR) is 40.5 cm³/mol. The molecular weight excluding hydrogens is 156 g/mol. The van der Waals surface area contributed by atoms with Gasteiger partial charge in [0.25, 0.3) is 0 Å². The van der Waals surface area contributed by atoms with Crippen LogP contribution in [0.4, 0.5) is 0 Å². The molecule has 0 aromatic carbocycles. The lowest BCUT2D eigenvalue weighted by atomic mass is 9.53. The fourth-order valence-corrected chi connectivity index (χ4v) is 2.83. The van der Waals surface area contributed by atoms with Gasteiger partial charge in [0.2, 0.25) is 0 Å². The average Bonchev–Trinajstić information content (AvgIpc) is 2.31. The smallest absolute Gasteiger partial charge is 0.169 e. The van der Waals surface area contributed by atoms with Crippen molar-refractivity contribution >= 4 is 5.78 Å². The highest BCUT2D eigenvalue weighted by Crippen LogP contribution is 2.61. The molecule has 1 aliphatic heterocycles. The lowest BCUT2D eigenvalue weighted by Crippen LogP contribution is -2.58. The van der Waals surface area contributed by atoms with Gasteiger partial charge in [0, 0.05) is 25.7 Å². The molecular formula is C9H12O3. The monoisotopic (exact) mass is 168 g/mol. The predicted octanol–water partition coefficient (Wildman–Crippen LogP) is 0.873. The van der Waals surface area contributed by atoms with Gasteiger partial charge in [-0.1, -0.05) is 0 Å². The summed E-state index contributed by atoms with van der Waals surface area (Å²) in [5.74, 6) is 0.142. The van der Waals surface area contributed by atoms with Crippen LogP contribution in [0.2, 0.25) is 0 Å². The zero-order chi connectivity index (χ0) is 8.23. The van der Waals surface area contributed by atoms with E-state index >= 15 is 0 Å². The molecule has 0 radical (unpaired) electrons. The molecule has 2 aliphatic carbocycles. The van der Waals surface area contributed by atoms with Crippen molar-refractivity contribution in [3.8, 4) is 0 Å². The van der Waals surface area contributed by atoms with E-state index in [4.69, 9.17) is 9.47 Å². The van der Waals surface area contributed by atoms with Gasteiger partial charge in [-0.2, -0.15) is 0 Å². The maximum atomic E-state index is 10.8. The van der Waals surface area contributed by atoms with E-state index in [0.29, 0.717) is 11.2 Å². The van der Waals surface area contributed by atoms with E-state index in [2.05, 4.69) is 0 Å². The van der Waals surface area contributed by atoms with Crippen LogP contribution in [-0.4, -0.2) is 24.8 Å². The summed E-state index contributed by atoms with van der Waals surface area (Å²) in [6, 6.07) is 0. The van der Waals surface area contributed by atoms with Crippen molar-refractivity contribution in [1.29, 1.82) is 0 Å². The van der Waals surface area contributed by atoms with E-state index < -0.39 is 0 Å². The molecule has 0 aromatic rings. The second-order valence-electron chi connectivity index (χ2n) is 4.35. The topological polar surface area (TPSA) is 35.5 Å². The summed E-state index contributed by atoms with van der Waals surface area (Å²) in [6.07, 6.45) is 3.43. The Hall–Kier alpha value is -0.410. The van der Waals surface area contributed by atoms with Crippen LogP contribution in [0.3, 0.4) is 0 Å². The first-order chi connectivity index (χ1) is 5.72. The van der Waals surface area contributed by atoms with Crippen LogP contribution in [0, 0.1) is 5.41 Å². The van der Waals surface area contributed by atoms with Gasteiger partial charge in [0.05, 0.1) is 13.2 Å². The standard InChI is InChI=1S/C9H12O3/c10-7-3-8(4-7)5-9(6-8)11-1-2-12-9/h1-6H2. The summed E-state index contributed by atoms with van der Waals surface area (Å²) in [4.78, 5) is 10.8.